The summed E-state index contributed by atoms with van der Waals surface area (Å²) >= 11 is 0. The van der Waals surface area contributed by atoms with Crippen LogP contribution in [0.4, 0.5) is 4.79 Å². The average molecular weight is 309 g/mol. The molecule has 0 aromatic carbocycles. The summed E-state index contributed by atoms with van der Waals surface area (Å²) in [5.74, 6) is -1.44. The van der Waals surface area contributed by atoms with Gasteiger partial charge in [-0.05, 0) is 33.6 Å². The van der Waals surface area contributed by atoms with Crippen LogP contribution >= 0.6 is 7.60 Å². The van der Waals surface area contributed by atoms with Crippen LogP contribution in [0.1, 0.15) is 33.6 Å². The average Bonchev–Trinajstić information content (AvgIpc) is 2.24. The predicted molar refractivity (Wildman–Crippen MR) is 69.4 cm³/mol. The first-order chi connectivity index (χ1) is 8.93. The van der Waals surface area contributed by atoms with Gasteiger partial charge in [-0.2, -0.15) is 0 Å². The van der Waals surface area contributed by atoms with Gasteiger partial charge in [0, 0.05) is 6.54 Å². The Hall–Kier alpha value is -1.11. The number of hydrogen-bond acceptors (Lipinski definition) is 4. The van der Waals surface area contributed by atoms with Crippen LogP contribution in [-0.2, 0) is 14.1 Å². The van der Waals surface area contributed by atoms with E-state index in [1.165, 1.54) is 0 Å². The fourth-order valence-electron chi connectivity index (χ4n) is 2.15. The van der Waals surface area contributed by atoms with Gasteiger partial charge < -0.3 is 19.6 Å². The molecule has 1 heterocycles. The van der Waals surface area contributed by atoms with E-state index < -0.39 is 37.0 Å². The van der Waals surface area contributed by atoms with E-state index in [0.717, 1.165) is 4.90 Å². The maximum Gasteiger partial charge on any atom is 0.411 e. The Morgan fingerprint density at radius 1 is 1.30 bits per heavy atom. The molecule has 1 aliphatic rings. The molecule has 2 unspecified atom stereocenters. The third-order valence-corrected chi connectivity index (χ3v) is 4.32. The third-order valence-electron chi connectivity index (χ3n) is 2.91. The van der Waals surface area contributed by atoms with Crippen molar-refractivity contribution in [1.29, 1.82) is 0 Å². The van der Waals surface area contributed by atoms with Crippen LogP contribution in [0.15, 0.2) is 0 Å². The molecule has 1 rings (SSSR count). The van der Waals surface area contributed by atoms with E-state index >= 15 is 0 Å². The van der Waals surface area contributed by atoms with Gasteiger partial charge in [-0.1, -0.05) is 0 Å². The van der Waals surface area contributed by atoms with Crippen LogP contribution in [0, 0.1) is 0 Å². The highest BCUT2D eigenvalue weighted by atomic mass is 31.2. The normalized spacial score (nSPS) is 24.4. The van der Waals surface area contributed by atoms with E-state index in [1.807, 2.05) is 0 Å². The molecule has 0 aliphatic carbocycles. The zero-order chi connectivity index (χ0) is 15.7. The standard InChI is InChI=1S/C11H20NO7P/c1-11(2,3)19-10(15)12-6-4-5-7(20(16,17)18)8(12)9(13)14/h7-8H,4-6H2,1-3H3,(H,13,14)(H2,16,17,18). The fourth-order valence-corrected chi connectivity index (χ4v) is 3.33. The number of carboxylic acid groups (broad SMARTS) is 1. The van der Waals surface area contributed by atoms with E-state index in [2.05, 4.69) is 0 Å². The van der Waals surface area contributed by atoms with Gasteiger partial charge in [0.1, 0.15) is 11.6 Å². The Balaban J connectivity index is 3.02. The summed E-state index contributed by atoms with van der Waals surface area (Å²) in [6, 6.07) is -1.57. The molecule has 1 saturated heterocycles. The lowest BCUT2D eigenvalue weighted by molar-refractivity contribution is -0.144. The monoisotopic (exact) mass is 309 g/mol. The highest BCUT2D eigenvalue weighted by molar-refractivity contribution is 7.52. The summed E-state index contributed by atoms with van der Waals surface area (Å²) in [6.45, 7) is 4.99. The summed E-state index contributed by atoms with van der Waals surface area (Å²) in [5.41, 5.74) is -2.21. The van der Waals surface area contributed by atoms with Crippen molar-refractivity contribution in [3.63, 3.8) is 0 Å². The molecule has 3 N–H and O–H groups in total. The largest absolute Gasteiger partial charge is 0.480 e. The third kappa shape index (κ3) is 4.19. The van der Waals surface area contributed by atoms with Crippen molar-refractivity contribution in [2.45, 2.75) is 50.9 Å². The molecule has 0 aromatic heterocycles. The number of rotatable bonds is 2. The maximum absolute atomic E-state index is 12.0. The Kier molecular flexibility index (Phi) is 4.84. The first-order valence-electron chi connectivity index (χ1n) is 6.21. The van der Waals surface area contributed by atoms with Crippen molar-refractivity contribution in [3.05, 3.63) is 0 Å². The molecule has 0 radical (unpaired) electrons. The lowest BCUT2D eigenvalue weighted by Crippen LogP contribution is -2.55. The molecular formula is C11H20NO7P. The summed E-state index contributed by atoms with van der Waals surface area (Å²) in [4.78, 5) is 42.7. The summed E-state index contributed by atoms with van der Waals surface area (Å²) in [6.07, 6.45) is -0.498. The molecule has 0 saturated carbocycles. The van der Waals surface area contributed by atoms with Crippen LogP contribution in [0.2, 0.25) is 0 Å². The minimum absolute atomic E-state index is 0.0561. The molecule has 116 valence electrons. The van der Waals surface area contributed by atoms with Gasteiger partial charge in [0.2, 0.25) is 0 Å². The van der Waals surface area contributed by atoms with Gasteiger partial charge in [0.15, 0.2) is 0 Å². The number of piperidine rings is 1. The molecule has 8 nitrogen and oxygen atoms in total. The van der Waals surface area contributed by atoms with Crippen molar-refractivity contribution >= 4 is 19.7 Å². The van der Waals surface area contributed by atoms with Gasteiger partial charge in [0.05, 0.1) is 5.66 Å². The van der Waals surface area contributed by atoms with Crippen LogP contribution in [0.3, 0.4) is 0 Å². The Morgan fingerprint density at radius 3 is 2.25 bits per heavy atom. The van der Waals surface area contributed by atoms with E-state index in [0.29, 0.717) is 6.42 Å². The van der Waals surface area contributed by atoms with Crippen molar-refractivity contribution in [1.82, 2.24) is 4.90 Å². The highest BCUT2D eigenvalue weighted by Gasteiger charge is 2.48. The number of aliphatic carboxylic acids is 1. The lowest BCUT2D eigenvalue weighted by Gasteiger charge is -2.39. The highest BCUT2D eigenvalue weighted by Crippen LogP contribution is 2.48. The zero-order valence-electron chi connectivity index (χ0n) is 11.6. The number of likely N-dealkylation sites (tertiary alicyclic amines) is 1. The van der Waals surface area contributed by atoms with E-state index in [1.54, 1.807) is 20.8 Å². The van der Waals surface area contributed by atoms with Crippen LogP contribution in [0.5, 0.6) is 0 Å². The molecule has 2 atom stereocenters. The van der Waals surface area contributed by atoms with E-state index in [9.17, 15) is 29.0 Å². The molecule has 9 heteroatoms. The molecule has 0 spiro atoms. The number of hydrogen-bond donors (Lipinski definition) is 3. The number of nitrogens with zero attached hydrogens (tertiary/aromatic N) is 1. The topological polar surface area (TPSA) is 124 Å². The molecular weight excluding hydrogens is 289 g/mol. The molecule has 1 aliphatic heterocycles. The summed E-state index contributed by atoms with van der Waals surface area (Å²) < 4.78 is 16.5. The minimum Gasteiger partial charge on any atom is -0.480 e. The zero-order valence-corrected chi connectivity index (χ0v) is 12.5. The number of ether oxygens (including phenoxy) is 1. The smallest absolute Gasteiger partial charge is 0.411 e. The number of amides is 1. The second-order valence-electron chi connectivity index (χ2n) is 5.76. The van der Waals surface area contributed by atoms with Crippen molar-refractivity contribution in [3.8, 4) is 0 Å². The Labute approximate surface area is 116 Å². The van der Waals surface area contributed by atoms with Crippen molar-refractivity contribution in [2.24, 2.45) is 0 Å². The van der Waals surface area contributed by atoms with Gasteiger partial charge >= 0.3 is 19.7 Å². The SMILES string of the molecule is CC(C)(C)OC(=O)N1CCCC(P(=O)(O)O)C1C(=O)O. The molecule has 0 aromatic rings. The first-order valence-corrected chi connectivity index (χ1v) is 7.89. The minimum atomic E-state index is -4.61. The summed E-state index contributed by atoms with van der Waals surface area (Å²) in [7, 11) is -4.61. The fraction of sp³-hybridized carbons (Fsp3) is 0.818. The number of carbonyl (C=O) groups is 2. The van der Waals surface area contributed by atoms with E-state index in [4.69, 9.17) is 4.74 Å². The second kappa shape index (κ2) is 5.71. The quantitative estimate of drug-likeness (QED) is 0.650. The number of carbonyl (C=O) groups excluding carboxylic acids is 1. The van der Waals surface area contributed by atoms with E-state index in [-0.39, 0.29) is 13.0 Å². The molecule has 1 fully saturated rings. The number of carboxylic acids is 1. The molecule has 20 heavy (non-hydrogen) atoms. The molecule has 0 bridgehead atoms. The van der Waals surface area contributed by atoms with Crippen molar-refractivity contribution < 1.29 is 33.8 Å². The Bertz CT molecular complexity index is 439. The second-order valence-corrected chi connectivity index (χ2v) is 7.60. The van der Waals surface area contributed by atoms with Crippen LogP contribution < -0.4 is 0 Å². The van der Waals surface area contributed by atoms with Gasteiger partial charge in [-0.15, -0.1) is 0 Å². The maximum atomic E-state index is 12.0. The Morgan fingerprint density at radius 2 is 1.85 bits per heavy atom. The van der Waals surface area contributed by atoms with Crippen LogP contribution in [0.25, 0.3) is 0 Å². The predicted octanol–water partition coefficient (Wildman–Crippen LogP) is 1.02. The first kappa shape index (κ1) is 16.9. The van der Waals surface area contributed by atoms with Crippen LogP contribution in [-0.4, -0.2) is 55.7 Å². The van der Waals surface area contributed by atoms with Gasteiger partial charge in [0.25, 0.3) is 0 Å². The van der Waals surface area contributed by atoms with Gasteiger partial charge in [-0.3, -0.25) is 9.46 Å². The molecule has 1 amide bonds. The summed E-state index contributed by atoms with van der Waals surface area (Å²) in [5, 5.41) is 9.20. The lowest BCUT2D eigenvalue weighted by atomic mass is 10.0. The van der Waals surface area contributed by atoms with Crippen molar-refractivity contribution in [2.75, 3.05) is 6.54 Å². The van der Waals surface area contributed by atoms with Gasteiger partial charge in [-0.25, -0.2) is 9.59 Å².